The molecule has 0 rings (SSSR count). The average molecular weight is 165 g/mol. The van der Waals surface area contributed by atoms with E-state index in [-0.39, 0.29) is 5.41 Å². The third-order valence-corrected chi connectivity index (χ3v) is 1.96. The molecule has 0 aliphatic carbocycles. The number of hydrogen-bond acceptors (Lipinski definition) is 0. The lowest BCUT2D eigenvalue weighted by molar-refractivity contribution is 0.416. The van der Waals surface area contributed by atoms with E-state index in [1.54, 1.807) is 0 Å². The van der Waals surface area contributed by atoms with Crippen molar-refractivity contribution in [3.05, 3.63) is 6.92 Å². The molecule has 0 saturated carbocycles. The molecule has 0 amide bonds. The molecule has 0 nitrogen and oxygen atoms in total. The third kappa shape index (κ3) is 6.28. The van der Waals surface area contributed by atoms with Crippen molar-refractivity contribution in [2.75, 3.05) is 0 Å². The van der Waals surface area contributed by atoms with Gasteiger partial charge in [-0.1, -0.05) is 32.6 Å². The molecule has 1 unspecified atom stereocenters. The Bertz CT molecular complexity index is 164. The molecule has 1 atom stereocenters. The quantitative estimate of drug-likeness (QED) is 0.557. The van der Waals surface area contributed by atoms with Gasteiger partial charge >= 0.3 is 0 Å². The van der Waals surface area contributed by atoms with Gasteiger partial charge in [-0.25, -0.2) is 0 Å². The van der Waals surface area contributed by atoms with Crippen LogP contribution in [0.15, 0.2) is 0 Å². The lowest BCUT2D eigenvalue weighted by atomic mass is 9.87. The van der Waals surface area contributed by atoms with Gasteiger partial charge in [0.1, 0.15) is 0 Å². The van der Waals surface area contributed by atoms with Gasteiger partial charge in [-0.05, 0) is 33.1 Å². The molecule has 0 saturated heterocycles. The first kappa shape index (κ1) is 11.6. The van der Waals surface area contributed by atoms with Crippen molar-refractivity contribution in [2.24, 2.45) is 11.3 Å². The second kappa shape index (κ2) is 5.25. The molecule has 1 radical (unpaired) electrons. The zero-order chi connectivity index (χ0) is 9.61. The van der Waals surface area contributed by atoms with Crippen LogP contribution >= 0.6 is 0 Å². The largest absolute Gasteiger partial charge is 0.106 e. The fourth-order valence-electron chi connectivity index (χ4n) is 1.29. The summed E-state index contributed by atoms with van der Waals surface area (Å²) >= 11 is 0. The van der Waals surface area contributed by atoms with Gasteiger partial charge in [0.15, 0.2) is 0 Å². The van der Waals surface area contributed by atoms with Crippen molar-refractivity contribution in [3.8, 4) is 11.8 Å². The van der Waals surface area contributed by atoms with Crippen LogP contribution in [0.2, 0.25) is 0 Å². The molecule has 0 heterocycles. The topological polar surface area (TPSA) is 0 Å². The van der Waals surface area contributed by atoms with Crippen LogP contribution in [0.1, 0.15) is 47.0 Å². The minimum Gasteiger partial charge on any atom is -0.106 e. The predicted octanol–water partition coefficient (Wildman–Crippen LogP) is 3.68. The Morgan fingerprint density at radius 3 is 2.42 bits per heavy atom. The van der Waals surface area contributed by atoms with Gasteiger partial charge in [-0.3, -0.25) is 0 Å². The van der Waals surface area contributed by atoms with Gasteiger partial charge in [-0.2, -0.15) is 0 Å². The summed E-state index contributed by atoms with van der Waals surface area (Å²) in [5.41, 5.74) is 0.198. The third-order valence-electron chi connectivity index (χ3n) is 1.96. The van der Waals surface area contributed by atoms with E-state index in [1.807, 2.05) is 6.92 Å². The smallest absolute Gasteiger partial charge is 0.0258 e. The van der Waals surface area contributed by atoms with E-state index in [0.29, 0.717) is 5.92 Å². The SMILES string of the molecule is [CH2]C(C)CCCC(C)(C)C#CC. The van der Waals surface area contributed by atoms with Crippen LogP contribution in [0.5, 0.6) is 0 Å². The summed E-state index contributed by atoms with van der Waals surface area (Å²) in [7, 11) is 0. The van der Waals surface area contributed by atoms with E-state index in [1.165, 1.54) is 19.3 Å². The molecule has 0 aliphatic heterocycles. The number of hydrogen-bond donors (Lipinski definition) is 0. The Morgan fingerprint density at radius 1 is 1.42 bits per heavy atom. The molecule has 69 valence electrons. The second-order valence-electron chi connectivity index (χ2n) is 4.26. The summed E-state index contributed by atoms with van der Waals surface area (Å²) < 4.78 is 0. The molecule has 0 aliphatic rings. The number of rotatable bonds is 4. The van der Waals surface area contributed by atoms with Crippen molar-refractivity contribution in [2.45, 2.75) is 47.0 Å². The van der Waals surface area contributed by atoms with E-state index < -0.39 is 0 Å². The lowest BCUT2D eigenvalue weighted by Gasteiger charge is -2.17. The van der Waals surface area contributed by atoms with Crippen LogP contribution in [-0.2, 0) is 0 Å². The predicted molar refractivity (Wildman–Crippen MR) is 55.6 cm³/mol. The molecular formula is C12H21. The highest BCUT2D eigenvalue weighted by Gasteiger charge is 2.13. The standard InChI is InChI=1S/C12H21/c1-6-9-12(4,5)10-7-8-11(2)3/h11H,2,7-8,10H2,1,3-5H3. The molecule has 0 bridgehead atoms. The van der Waals surface area contributed by atoms with E-state index in [2.05, 4.69) is 39.5 Å². The Kier molecular flexibility index (Phi) is 5.06. The van der Waals surface area contributed by atoms with Gasteiger partial charge in [0.2, 0.25) is 0 Å². The van der Waals surface area contributed by atoms with Gasteiger partial charge < -0.3 is 0 Å². The van der Waals surface area contributed by atoms with E-state index in [9.17, 15) is 0 Å². The van der Waals surface area contributed by atoms with E-state index in [0.717, 1.165) is 0 Å². The van der Waals surface area contributed by atoms with Gasteiger partial charge in [0.25, 0.3) is 0 Å². The normalized spacial score (nSPS) is 11.2. The minimum atomic E-state index is 0.198. The maximum atomic E-state index is 3.97. The maximum Gasteiger partial charge on any atom is 0.0258 e. The molecule has 0 spiro atoms. The van der Waals surface area contributed by atoms with Gasteiger partial charge in [0, 0.05) is 5.41 Å². The van der Waals surface area contributed by atoms with Crippen LogP contribution in [-0.4, -0.2) is 0 Å². The summed E-state index contributed by atoms with van der Waals surface area (Å²) in [6, 6.07) is 0. The fraction of sp³-hybridized carbons (Fsp3) is 0.750. The van der Waals surface area contributed by atoms with Gasteiger partial charge in [0.05, 0.1) is 0 Å². The minimum absolute atomic E-state index is 0.198. The van der Waals surface area contributed by atoms with Crippen LogP contribution in [0, 0.1) is 30.1 Å². The highest BCUT2D eigenvalue weighted by Crippen LogP contribution is 2.23. The monoisotopic (exact) mass is 165 g/mol. The Labute approximate surface area is 77.8 Å². The molecule has 0 aromatic heterocycles. The molecule has 0 aromatic carbocycles. The second-order valence-corrected chi connectivity index (χ2v) is 4.26. The van der Waals surface area contributed by atoms with E-state index >= 15 is 0 Å². The zero-order valence-corrected chi connectivity index (χ0v) is 8.91. The lowest BCUT2D eigenvalue weighted by Crippen LogP contribution is -2.08. The fourth-order valence-corrected chi connectivity index (χ4v) is 1.29. The Hall–Kier alpha value is -0.440. The van der Waals surface area contributed by atoms with Gasteiger partial charge in [-0.15, -0.1) is 5.92 Å². The van der Waals surface area contributed by atoms with Crippen molar-refractivity contribution >= 4 is 0 Å². The summed E-state index contributed by atoms with van der Waals surface area (Å²) in [6.07, 6.45) is 3.65. The van der Waals surface area contributed by atoms with E-state index in [4.69, 9.17) is 0 Å². The van der Waals surface area contributed by atoms with Crippen molar-refractivity contribution < 1.29 is 0 Å². The molecular weight excluding hydrogens is 144 g/mol. The molecule has 0 N–H and O–H groups in total. The zero-order valence-electron chi connectivity index (χ0n) is 8.91. The summed E-state index contributed by atoms with van der Waals surface area (Å²) in [5, 5.41) is 0. The Morgan fingerprint density at radius 2 is 2.00 bits per heavy atom. The Balaban J connectivity index is 3.66. The van der Waals surface area contributed by atoms with Crippen molar-refractivity contribution in [3.63, 3.8) is 0 Å². The van der Waals surface area contributed by atoms with Crippen LogP contribution in [0.25, 0.3) is 0 Å². The molecule has 0 fully saturated rings. The maximum absolute atomic E-state index is 3.97. The van der Waals surface area contributed by atoms with Crippen molar-refractivity contribution in [1.29, 1.82) is 0 Å². The first-order valence-electron chi connectivity index (χ1n) is 4.75. The highest BCUT2D eigenvalue weighted by atomic mass is 14.2. The molecule has 0 aromatic rings. The summed E-state index contributed by atoms with van der Waals surface area (Å²) in [4.78, 5) is 0. The summed E-state index contributed by atoms with van der Waals surface area (Å²) in [5.74, 6) is 6.78. The van der Waals surface area contributed by atoms with Crippen LogP contribution < -0.4 is 0 Å². The molecule has 0 heteroatoms. The first-order valence-corrected chi connectivity index (χ1v) is 4.75. The van der Waals surface area contributed by atoms with Crippen molar-refractivity contribution in [1.82, 2.24) is 0 Å². The highest BCUT2D eigenvalue weighted by molar-refractivity contribution is 5.06. The summed E-state index contributed by atoms with van der Waals surface area (Å²) in [6.45, 7) is 12.5. The first-order chi connectivity index (χ1) is 5.48. The molecule has 12 heavy (non-hydrogen) atoms. The average Bonchev–Trinajstić information content (AvgIpc) is 1.85. The van der Waals surface area contributed by atoms with Crippen LogP contribution in [0.3, 0.4) is 0 Å². The van der Waals surface area contributed by atoms with Crippen LogP contribution in [0.4, 0.5) is 0 Å².